The molecule has 4 nitrogen and oxygen atoms in total. The van der Waals surface area contributed by atoms with Crippen LogP contribution in [0.5, 0.6) is 0 Å². The van der Waals surface area contributed by atoms with Crippen molar-refractivity contribution in [1.29, 1.82) is 5.26 Å². The zero-order valence-electron chi connectivity index (χ0n) is 14.2. The minimum atomic E-state index is -0.294. The van der Waals surface area contributed by atoms with E-state index in [1.165, 1.54) is 11.8 Å². The Morgan fingerprint density at radius 2 is 1.85 bits per heavy atom. The molecule has 0 aliphatic carbocycles. The highest BCUT2D eigenvalue weighted by molar-refractivity contribution is 8.03. The molecule has 27 heavy (non-hydrogen) atoms. The van der Waals surface area contributed by atoms with Crippen LogP contribution < -0.4 is 4.90 Å². The zero-order chi connectivity index (χ0) is 19.0. The number of amides is 1. The maximum atomic E-state index is 12.9. The fourth-order valence-electron chi connectivity index (χ4n) is 3.40. The highest BCUT2D eigenvalue weighted by atomic mass is 35.5. The predicted octanol–water partition coefficient (Wildman–Crippen LogP) is 5.21. The highest BCUT2D eigenvalue weighted by Crippen LogP contribution is 2.44. The minimum absolute atomic E-state index is 0.0000771. The van der Waals surface area contributed by atoms with Gasteiger partial charge in [-0.1, -0.05) is 53.2 Å². The lowest BCUT2D eigenvalue weighted by Gasteiger charge is -2.42. The molecule has 4 rings (SSSR count). The summed E-state index contributed by atoms with van der Waals surface area (Å²) in [5.74, 6) is 0.360. The number of hydrogen-bond acceptors (Lipinski definition) is 4. The number of fused-ring (bicyclic) bond motifs is 1. The van der Waals surface area contributed by atoms with Crippen molar-refractivity contribution in [3.63, 3.8) is 0 Å². The smallest absolute Gasteiger partial charge is 0.229 e. The molecule has 0 spiro atoms. The van der Waals surface area contributed by atoms with Crippen molar-refractivity contribution in [3.8, 4) is 6.07 Å². The third-order valence-electron chi connectivity index (χ3n) is 4.77. The maximum Gasteiger partial charge on any atom is 0.229 e. The lowest BCUT2D eigenvalue weighted by molar-refractivity contribution is -0.129. The van der Waals surface area contributed by atoms with E-state index in [2.05, 4.69) is 11.0 Å². The Hall–Kier alpha value is -2.13. The lowest BCUT2D eigenvalue weighted by atomic mass is 9.86. The number of benzene rings is 2. The predicted molar refractivity (Wildman–Crippen MR) is 110 cm³/mol. The number of nitrogens with zero attached hydrogens (tertiary/aromatic N) is 3. The normalized spacial score (nSPS) is 19.7. The monoisotopic (exact) mass is 415 g/mol. The number of hydrogen-bond donors (Lipinski definition) is 0. The Kier molecular flexibility index (Phi) is 5.05. The van der Waals surface area contributed by atoms with Crippen LogP contribution in [0, 0.1) is 11.3 Å². The van der Waals surface area contributed by atoms with Gasteiger partial charge in [-0.05, 0) is 35.9 Å². The second kappa shape index (κ2) is 7.47. The van der Waals surface area contributed by atoms with E-state index in [-0.39, 0.29) is 18.2 Å². The molecule has 1 amide bonds. The summed E-state index contributed by atoms with van der Waals surface area (Å²) >= 11 is 13.8. The Labute approximate surface area is 172 Å². The number of thioether (sulfide) groups is 1. The van der Waals surface area contributed by atoms with Crippen LogP contribution in [-0.4, -0.2) is 23.4 Å². The van der Waals surface area contributed by atoms with Crippen LogP contribution in [0.3, 0.4) is 0 Å². The van der Waals surface area contributed by atoms with Crippen molar-refractivity contribution in [2.24, 2.45) is 0 Å². The van der Waals surface area contributed by atoms with Gasteiger partial charge >= 0.3 is 0 Å². The quantitative estimate of drug-likeness (QED) is 0.674. The van der Waals surface area contributed by atoms with Crippen molar-refractivity contribution < 1.29 is 4.79 Å². The third-order valence-corrected chi connectivity index (χ3v) is 6.52. The summed E-state index contributed by atoms with van der Waals surface area (Å²) in [6, 6.07) is 17.3. The summed E-state index contributed by atoms with van der Waals surface area (Å²) in [5, 5.41) is 11.8. The van der Waals surface area contributed by atoms with Gasteiger partial charge in [-0.2, -0.15) is 5.26 Å². The van der Waals surface area contributed by atoms with E-state index in [0.717, 1.165) is 16.3 Å². The van der Waals surface area contributed by atoms with Gasteiger partial charge in [0.15, 0.2) is 0 Å². The number of carbonyl (C=O) groups is 1. The first-order valence-electron chi connectivity index (χ1n) is 8.41. The highest BCUT2D eigenvalue weighted by Gasteiger charge is 2.38. The van der Waals surface area contributed by atoms with Crippen LogP contribution in [0.15, 0.2) is 59.1 Å². The molecular formula is C20H15Cl2N3OS. The van der Waals surface area contributed by atoms with Crippen molar-refractivity contribution >= 4 is 46.6 Å². The number of nitriles is 1. The molecule has 2 aromatic carbocycles. The summed E-state index contributed by atoms with van der Waals surface area (Å²) in [6.07, 6.45) is 0.241. The van der Waals surface area contributed by atoms with Gasteiger partial charge in [0.1, 0.15) is 0 Å². The van der Waals surface area contributed by atoms with Gasteiger partial charge in [0.25, 0.3) is 0 Å². The van der Waals surface area contributed by atoms with Crippen LogP contribution in [-0.2, 0) is 4.79 Å². The molecular weight excluding hydrogens is 401 g/mol. The van der Waals surface area contributed by atoms with Crippen LogP contribution in [0.25, 0.3) is 0 Å². The van der Waals surface area contributed by atoms with E-state index in [4.69, 9.17) is 23.2 Å². The molecule has 2 aliphatic rings. The minimum Gasteiger partial charge on any atom is -0.344 e. The Bertz CT molecular complexity index is 968. The largest absolute Gasteiger partial charge is 0.344 e. The molecule has 136 valence electrons. The topological polar surface area (TPSA) is 47.3 Å². The Balaban J connectivity index is 1.68. The van der Waals surface area contributed by atoms with E-state index in [0.29, 0.717) is 28.2 Å². The van der Waals surface area contributed by atoms with Gasteiger partial charge in [0, 0.05) is 28.1 Å². The average Bonchev–Trinajstić information content (AvgIpc) is 2.69. The molecule has 0 unspecified atom stereocenters. The molecule has 0 aromatic heterocycles. The molecule has 0 saturated carbocycles. The van der Waals surface area contributed by atoms with Gasteiger partial charge in [-0.25, -0.2) is 0 Å². The summed E-state index contributed by atoms with van der Waals surface area (Å²) in [4.78, 5) is 16.7. The fraction of sp³-hybridized carbons (Fsp3) is 0.200. The van der Waals surface area contributed by atoms with Crippen LogP contribution in [0.4, 0.5) is 5.69 Å². The lowest BCUT2D eigenvalue weighted by Crippen LogP contribution is -2.47. The SMILES string of the molecule is N#CC1=C2SCN(c3ccc(Cl)cc3)CN2C(=O)C[C@H]1c1ccccc1Cl. The maximum absolute atomic E-state index is 12.9. The molecule has 1 atom stereocenters. The van der Waals surface area contributed by atoms with Gasteiger partial charge in [0.2, 0.25) is 5.91 Å². The molecule has 1 saturated heterocycles. The summed E-state index contributed by atoms with van der Waals surface area (Å²) < 4.78 is 0. The number of rotatable bonds is 2. The molecule has 2 aliphatic heterocycles. The molecule has 7 heteroatoms. The van der Waals surface area contributed by atoms with E-state index in [1.54, 1.807) is 11.0 Å². The second-order valence-corrected chi connectivity index (χ2v) is 8.14. The van der Waals surface area contributed by atoms with E-state index in [1.807, 2.05) is 42.5 Å². The first-order valence-corrected chi connectivity index (χ1v) is 10.1. The van der Waals surface area contributed by atoms with E-state index < -0.39 is 0 Å². The van der Waals surface area contributed by atoms with Crippen LogP contribution in [0.2, 0.25) is 10.0 Å². The standard InChI is InChI=1S/C20H15Cl2N3OS/c21-13-5-7-14(8-6-13)24-11-25-19(26)9-16(15-3-1-2-4-18(15)22)17(10-23)20(25)27-12-24/h1-8,16H,9,11-12H2/t16-/m0/s1. The van der Waals surface area contributed by atoms with Gasteiger partial charge in [-0.15, -0.1) is 0 Å². The molecule has 2 aromatic rings. The van der Waals surface area contributed by atoms with Gasteiger partial charge < -0.3 is 4.90 Å². The van der Waals surface area contributed by atoms with Crippen molar-refractivity contribution in [2.45, 2.75) is 12.3 Å². The molecule has 0 bridgehead atoms. The fourth-order valence-corrected chi connectivity index (χ4v) is 4.96. The van der Waals surface area contributed by atoms with Gasteiger partial charge in [-0.3, -0.25) is 9.69 Å². The van der Waals surface area contributed by atoms with E-state index >= 15 is 0 Å². The third kappa shape index (κ3) is 3.41. The van der Waals surface area contributed by atoms with Crippen LogP contribution >= 0.6 is 35.0 Å². The Morgan fingerprint density at radius 3 is 2.56 bits per heavy atom. The summed E-state index contributed by atoms with van der Waals surface area (Å²) in [5.41, 5.74) is 2.44. The molecule has 1 fully saturated rings. The Morgan fingerprint density at radius 1 is 1.11 bits per heavy atom. The first-order chi connectivity index (χ1) is 13.1. The number of anilines is 1. The van der Waals surface area contributed by atoms with Crippen molar-refractivity contribution in [3.05, 3.63) is 74.7 Å². The first kappa shape index (κ1) is 18.2. The van der Waals surface area contributed by atoms with Gasteiger partial charge in [0.05, 0.1) is 29.2 Å². The second-order valence-electron chi connectivity index (χ2n) is 6.36. The molecule has 2 heterocycles. The number of carbonyl (C=O) groups excluding carboxylic acids is 1. The van der Waals surface area contributed by atoms with Crippen LogP contribution in [0.1, 0.15) is 17.9 Å². The molecule has 0 N–H and O–H groups in total. The summed E-state index contributed by atoms with van der Waals surface area (Å²) in [7, 11) is 0. The summed E-state index contributed by atoms with van der Waals surface area (Å²) in [6.45, 7) is 0.420. The molecule has 0 radical (unpaired) electrons. The van der Waals surface area contributed by atoms with Crippen molar-refractivity contribution in [2.75, 3.05) is 17.4 Å². The number of halogens is 2. The van der Waals surface area contributed by atoms with Crippen molar-refractivity contribution in [1.82, 2.24) is 4.90 Å². The average molecular weight is 416 g/mol. The van der Waals surface area contributed by atoms with E-state index in [9.17, 15) is 10.1 Å². The zero-order valence-corrected chi connectivity index (χ0v) is 16.6. The number of allylic oxidation sites excluding steroid dienone is 1.